The number of carboxylic acid groups (broad SMARTS) is 1. The average molecular weight is 439 g/mol. The topological polar surface area (TPSA) is 105 Å². The summed E-state index contributed by atoms with van der Waals surface area (Å²) in [4.78, 5) is 36.9. The van der Waals surface area contributed by atoms with Gasteiger partial charge in [-0.2, -0.15) is 10.1 Å². The Morgan fingerprint density at radius 1 is 1.06 bits per heavy atom. The summed E-state index contributed by atoms with van der Waals surface area (Å²) in [6, 6.07) is 16.7. The third-order valence-corrected chi connectivity index (χ3v) is 5.38. The second-order valence-electron chi connectivity index (χ2n) is 7.50. The molecular formula is C25H17N3O5. The van der Waals surface area contributed by atoms with Crippen molar-refractivity contribution in [1.82, 2.24) is 4.57 Å². The smallest absolute Gasteiger partial charge is 0.335 e. The Kier molecular flexibility index (Phi) is 4.75. The number of carbonyl (C=O) groups is 3. The summed E-state index contributed by atoms with van der Waals surface area (Å²) in [5.74, 6) is -1.45. The lowest BCUT2D eigenvalue weighted by atomic mass is 10.1. The van der Waals surface area contributed by atoms with Crippen LogP contribution in [0, 0.1) is 0 Å². The quantitative estimate of drug-likeness (QED) is 0.474. The van der Waals surface area contributed by atoms with E-state index in [0.717, 1.165) is 10.9 Å². The van der Waals surface area contributed by atoms with Gasteiger partial charge in [0.05, 0.1) is 34.3 Å². The van der Waals surface area contributed by atoms with Gasteiger partial charge in [0, 0.05) is 11.6 Å². The van der Waals surface area contributed by atoms with Crippen molar-refractivity contribution in [3.63, 3.8) is 0 Å². The van der Waals surface area contributed by atoms with Crippen molar-refractivity contribution in [3.05, 3.63) is 95.6 Å². The summed E-state index contributed by atoms with van der Waals surface area (Å²) < 4.78 is 6.71. The molecule has 2 aromatic heterocycles. The minimum absolute atomic E-state index is 0.0737. The summed E-state index contributed by atoms with van der Waals surface area (Å²) in [5, 5.41) is 15.6. The molecule has 1 amide bonds. The summed E-state index contributed by atoms with van der Waals surface area (Å²) in [6.07, 6.45) is 4.86. The first-order valence-corrected chi connectivity index (χ1v) is 10.1. The van der Waals surface area contributed by atoms with Gasteiger partial charge in [-0.1, -0.05) is 12.1 Å². The van der Waals surface area contributed by atoms with Crippen LogP contribution >= 0.6 is 0 Å². The van der Waals surface area contributed by atoms with Crippen LogP contribution in [0.3, 0.4) is 0 Å². The van der Waals surface area contributed by atoms with Crippen molar-refractivity contribution in [2.75, 3.05) is 5.01 Å². The van der Waals surface area contributed by atoms with E-state index in [2.05, 4.69) is 5.10 Å². The molecule has 3 heterocycles. The zero-order valence-electron chi connectivity index (χ0n) is 17.4. The van der Waals surface area contributed by atoms with Crippen LogP contribution in [-0.4, -0.2) is 33.2 Å². The molecule has 0 saturated heterocycles. The van der Waals surface area contributed by atoms with Crippen LogP contribution in [-0.2, 0) is 4.79 Å². The first-order chi connectivity index (χ1) is 15.9. The molecule has 0 fully saturated rings. The zero-order valence-corrected chi connectivity index (χ0v) is 17.4. The van der Waals surface area contributed by atoms with Crippen molar-refractivity contribution in [2.45, 2.75) is 6.92 Å². The van der Waals surface area contributed by atoms with Gasteiger partial charge in [0.1, 0.15) is 0 Å². The molecule has 1 aliphatic heterocycles. The van der Waals surface area contributed by atoms with Gasteiger partial charge in [0.15, 0.2) is 5.76 Å². The van der Waals surface area contributed by atoms with Crippen LogP contribution in [0.2, 0.25) is 0 Å². The third-order valence-electron chi connectivity index (χ3n) is 5.38. The maximum absolute atomic E-state index is 13.0. The summed E-state index contributed by atoms with van der Waals surface area (Å²) in [5.41, 5.74) is 2.86. The molecule has 1 N–H and O–H groups in total. The minimum Gasteiger partial charge on any atom is -0.478 e. The predicted molar refractivity (Wildman–Crippen MR) is 122 cm³/mol. The fourth-order valence-electron chi connectivity index (χ4n) is 3.74. The van der Waals surface area contributed by atoms with Gasteiger partial charge >= 0.3 is 5.97 Å². The highest BCUT2D eigenvalue weighted by atomic mass is 16.4. The number of aromatic carboxylic acids is 1. The number of rotatable bonds is 4. The van der Waals surface area contributed by atoms with Crippen LogP contribution < -0.4 is 5.01 Å². The molecule has 8 nitrogen and oxygen atoms in total. The van der Waals surface area contributed by atoms with Gasteiger partial charge in [-0.25, -0.2) is 4.79 Å². The fraction of sp³-hybridized carbons (Fsp3) is 0.0400. The third kappa shape index (κ3) is 3.53. The average Bonchev–Trinajstić information content (AvgIpc) is 3.55. The number of carbonyl (C=O) groups excluding carboxylic acids is 2. The molecule has 5 rings (SSSR count). The van der Waals surface area contributed by atoms with Crippen molar-refractivity contribution in [3.8, 4) is 0 Å². The molecule has 8 heteroatoms. The number of fused-ring (bicyclic) bond motifs is 1. The van der Waals surface area contributed by atoms with Crippen LogP contribution in [0.4, 0.5) is 5.69 Å². The standard InChI is InChI=1S/C25H17N3O5/c1-15-20(23(29)28(26-15)19-5-2-4-18(14-19)25(31)32)13-16-7-8-21-17(12-16)9-10-27(21)24(30)22-6-3-11-33-22/h2-14H,1H3,(H,31,32)/b20-13-. The highest BCUT2D eigenvalue weighted by Gasteiger charge is 2.29. The molecular weight excluding hydrogens is 422 g/mol. The second kappa shape index (κ2) is 7.76. The van der Waals surface area contributed by atoms with E-state index in [-0.39, 0.29) is 23.1 Å². The van der Waals surface area contributed by atoms with E-state index < -0.39 is 5.97 Å². The molecule has 0 atom stereocenters. The van der Waals surface area contributed by atoms with Crippen molar-refractivity contribution in [1.29, 1.82) is 0 Å². The molecule has 0 unspecified atom stereocenters. The monoisotopic (exact) mass is 439 g/mol. The Morgan fingerprint density at radius 2 is 1.91 bits per heavy atom. The molecule has 0 radical (unpaired) electrons. The van der Waals surface area contributed by atoms with Gasteiger partial charge in [0.25, 0.3) is 11.8 Å². The van der Waals surface area contributed by atoms with E-state index in [4.69, 9.17) is 4.42 Å². The summed E-state index contributed by atoms with van der Waals surface area (Å²) in [6.45, 7) is 1.72. The molecule has 162 valence electrons. The van der Waals surface area contributed by atoms with Gasteiger partial charge in [0.2, 0.25) is 0 Å². The van der Waals surface area contributed by atoms with Gasteiger partial charge < -0.3 is 9.52 Å². The largest absolute Gasteiger partial charge is 0.478 e. The van der Waals surface area contributed by atoms with Gasteiger partial charge in [-0.05, 0) is 67.1 Å². The lowest BCUT2D eigenvalue weighted by Crippen LogP contribution is -2.21. The molecule has 33 heavy (non-hydrogen) atoms. The van der Waals surface area contributed by atoms with E-state index in [9.17, 15) is 19.5 Å². The van der Waals surface area contributed by atoms with Gasteiger partial charge in [-0.15, -0.1) is 0 Å². The van der Waals surface area contributed by atoms with E-state index >= 15 is 0 Å². The lowest BCUT2D eigenvalue weighted by Gasteiger charge is -2.12. The molecule has 4 aromatic rings. The van der Waals surface area contributed by atoms with E-state index in [1.54, 1.807) is 43.5 Å². The fourth-order valence-corrected chi connectivity index (χ4v) is 3.74. The van der Waals surface area contributed by atoms with Crippen LogP contribution in [0.25, 0.3) is 17.0 Å². The normalized spacial score (nSPS) is 14.8. The summed E-state index contributed by atoms with van der Waals surface area (Å²) in [7, 11) is 0. The summed E-state index contributed by atoms with van der Waals surface area (Å²) >= 11 is 0. The Balaban J connectivity index is 1.46. The maximum atomic E-state index is 13.0. The Bertz CT molecular complexity index is 1490. The Labute approximate surface area is 187 Å². The number of hydrogen-bond donors (Lipinski definition) is 1. The molecule has 0 saturated carbocycles. The lowest BCUT2D eigenvalue weighted by molar-refractivity contribution is -0.114. The van der Waals surface area contributed by atoms with E-state index in [1.807, 2.05) is 24.3 Å². The van der Waals surface area contributed by atoms with Gasteiger partial charge in [-0.3, -0.25) is 14.2 Å². The molecule has 1 aliphatic rings. The SMILES string of the molecule is CC1=NN(c2cccc(C(=O)O)c2)C(=O)/C1=C\c1ccc2c(ccn2C(=O)c2ccco2)c1. The predicted octanol–water partition coefficient (Wildman–Crippen LogP) is 4.43. The first kappa shape index (κ1) is 20.2. The number of nitrogens with zero attached hydrogens (tertiary/aromatic N) is 3. The number of hydrogen-bond acceptors (Lipinski definition) is 5. The number of amides is 1. The van der Waals surface area contributed by atoms with Crippen LogP contribution in [0.5, 0.6) is 0 Å². The molecule has 2 aromatic carbocycles. The van der Waals surface area contributed by atoms with E-state index in [0.29, 0.717) is 22.5 Å². The van der Waals surface area contributed by atoms with Crippen molar-refractivity contribution in [2.24, 2.45) is 5.10 Å². The number of hydrazone groups is 1. The molecule has 0 bridgehead atoms. The number of benzene rings is 2. The maximum Gasteiger partial charge on any atom is 0.335 e. The Hall–Kier alpha value is -4.72. The minimum atomic E-state index is -1.08. The number of carboxylic acids is 1. The van der Waals surface area contributed by atoms with E-state index in [1.165, 1.54) is 28.0 Å². The zero-order chi connectivity index (χ0) is 23.1. The van der Waals surface area contributed by atoms with Crippen molar-refractivity contribution >= 4 is 46.2 Å². The highest BCUT2D eigenvalue weighted by molar-refractivity contribution is 6.32. The van der Waals surface area contributed by atoms with Crippen LogP contribution in [0.15, 0.2) is 88.2 Å². The van der Waals surface area contributed by atoms with Crippen LogP contribution in [0.1, 0.15) is 33.4 Å². The number of furan rings is 1. The Morgan fingerprint density at radius 3 is 2.67 bits per heavy atom. The molecule has 0 aliphatic carbocycles. The highest BCUT2D eigenvalue weighted by Crippen LogP contribution is 2.27. The number of anilines is 1. The first-order valence-electron chi connectivity index (χ1n) is 10.1. The second-order valence-corrected chi connectivity index (χ2v) is 7.50. The van der Waals surface area contributed by atoms with Crippen molar-refractivity contribution < 1.29 is 23.9 Å². The molecule has 0 spiro atoms. The number of aromatic nitrogens is 1.